The number of nitrogens with zero attached hydrogens (tertiary/aromatic N) is 2. The first-order valence-electron chi connectivity index (χ1n) is 46.6. The number of aliphatic carboxylic acids is 4. The van der Waals surface area contributed by atoms with Crippen LogP contribution in [0.1, 0.15) is 309 Å². The number of halogens is 2. The lowest BCUT2D eigenvalue weighted by Crippen LogP contribution is -2.44. The van der Waals surface area contributed by atoms with Crippen molar-refractivity contribution in [3.63, 3.8) is 0 Å². The lowest BCUT2D eigenvalue weighted by atomic mass is 9.82. The lowest BCUT2D eigenvalue weighted by Gasteiger charge is -2.27. The van der Waals surface area contributed by atoms with Gasteiger partial charge in [-0.05, 0) is 242 Å². The van der Waals surface area contributed by atoms with E-state index in [1.54, 1.807) is 122 Å². The third-order valence-electron chi connectivity index (χ3n) is 18.7. The van der Waals surface area contributed by atoms with Crippen molar-refractivity contribution in [2.45, 2.75) is 357 Å². The van der Waals surface area contributed by atoms with Crippen molar-refractivity contribution in [3.05, 3.63) is 110 Å². The van der Waals surface area contributed by atoms with E-state index >= 15 is 0 Å². The van der Waals surface area contributed by atoms with Gasteiger partial charge in [0.25, 0.3) is 0 Å². The first-order valence-corrected chi connectivity index (χ1v) is 48.9. The van der Waals surface area contributed by atoms with Crippen LogP contribution in [0, 0.1) is 82.9 Å². The van der Waals surface area contributed by atoms with Crippen molar-refractivity contribution in [3.8, 4) is 0 Å². The monoisotopic (exact) mass is 2020 g/mol. The van der Waals surface area contributed by atoms with Crippen LogP contribution < -0.4 is 0 Å². The zero-order chi connectivity index (χ0) is 105. The number of hydrogen-bond acceptors (Lipinski definition) is 22. The highest BCUT2D eigenvalue weighted by Crippen LogP contribution is 2.33. The summed E-state index contributed by atoms with van der Waals surface area (Å²) in [6, 6.07) is 19.0. The number of imide groups is 2. The van der Waals surface area contributed by atoms with E-state index in [4.69, 9.17) is 43.0 Å². The normalized spacial score (nSPS) is 15.5. The van der Waals surface area contributed by atoms with E-state index in [0.717, 1.165) is 29.3 Å². The Hall–Kier alpha value is -8.80. The molecule has 2 unspecified atom stereocenters. The van der Waals surface area contributed by atoms with Gasteiger partial charge in [0, 0.05) is 17.7 Å². The zero-order valence-electron chi connectivity index (χ0n) is 86.7. The SMILES string of the molecule is C=CCBr.C=CC[C@@H](C(=O)OC(C)(C)C)[C@@H](CC(C)C)C(=O)O.C=CC[C@H](C(=O)OC(C)(C)C)[C@@H](CC(C)C)C(=O)O.CC(C)(C)OC(=O)CBr.CC(C)CCC(=O)N1C(=O)OCC1Cc1ccccc1.CC(C)C[C@H](CC(=O)OC(C)(C)C)C(=O)N1C(=O)OCC1Cc1ccccc1.CC(C)C[C@H](CC(=O)OC(C)(C)C)C(=O)O.CCC[C@@H](C(=O)OC(C)(C)C)[C@@H](CC(C)C)C(=O)O. The molecule has 0 spiro atoms. The molecular formula is C104H170Br2N2O26. The summed E-state index contributed by atoms with van der Waals surface area (Å²) in [4.78, 5) is 168. The maximum atomic E-state index is 13.2. The Labute approximate surface area is 819 Å². The molecule has 2 fully saturated rings. The Balaban J connectivity index is -0.000000742. The Morgan fingerprint density at radius 3 is 0.955 bits per heavy atom. The summed E-state index contributed by atoms with van der Waals surface area (Å²) in [5.41, 5.74) is -1.21. The van der Waals surface area contributed by atoms with Crippen LogP contribution in [0.5, 0.6) is 0 Å². The molecule has 2 aliphatic rings. The molecule has 0 saturated carbocycles. The number of ether oxygens (including phenoxy) is 8. The van der Waals surface area contributed by atoms with Crippen LogP contribution in [-0.2, 0) is 108 Å². The molecule has 0 bridgehead atoms. The number of allylic oxidation sites excluding steroid dienone is 3. The molecule has 4 N–H and O–H groups in total. The number of amides is 4. The molecule has 4 rings (SSSR count). The van der Waals surface area contributed by atoms with Gasteiger partial charge in [-0.1, -0.05) is 207 Å². The summed E-state index contributed by atoms with van der Waals surface area (Å²) < 4.78 is 41.6. The quantitative estimate of drug-likeness (QED) is 0.0208. The number of carboxylic acid groups (broad SMARTS) is 4. The number of carbonyl (C=O) groups excluding carboxylic acids is 10. The molecular weight excluding hydrogens is 1850 g/mol. The van der Waals surface area contributed by atoms with E-state index < -0.39 is 135 Å². The third kappa shape index (κ3) is 65.0. The van der Waals surface area contributed by atoms with Crippen molar-refractivity contribution >= 4 is 116 Å². The maximum Gasteiger partial charge on any atom is 0.416 e. The Bertz CT molecular complexity index is 3810. The van der Waals surface area contributed by atoms with Crippen molar-refractivity contribution in [1.29, 1.82) is 0 Å². The van der Waals surface area contributed by atoms with E-state index in [1.165, 1.54) is 9.80 Å². The number of esters is 6. The van der Waals surface area contributed by atoms with Gasteiger partial charge in [-0.15, -0.1) is 19.7 Å². The van der Waals surface area contributed by atoms with E-state index in [9.17, 15) is 82.4 Å². The number of hydrogen-bond donors (Lipinski definition) is 4. The predicted molar refractivity (Wildman–Crippen MR) is 531 cm³/mol. The van der Waals surface area contributed by atoms with Gasteiger partial charge in [-0.2, -0.15) is 0 Å². The molecule has 134 heavy (non-hydrogen) atoms. The Kier molecular flexibility index (Phi) is 64.6. The Morgan fingerprint density at radius 2 is 0.687 bits per heavy atom. The van der Waals surface area contributed by atoms with Crippen LogP contribution >= 0.6 is 31.9 Å². The summed E-state index contributed by atoms with van der Waals surface area (Å²) >= 11 is 6.12. The number of rotatable bonds is 40. The number of benzene rings is 2. The average Bonchev–Trinajstić information content (AvgIpc) is 1.66. The number of alkyl halides is 2. The fourth-order valence-corrected chi connectivity index (χ4v) is 13.6. The molecule has 28 nitrogen and oxygen atoms in total. The van der Waals surface area contributed by atoms with E-state index in [0.29, 0.717) is 83.2 Å². The summed E-state index contributed by atoms with van der Waals surface area (Å²) in [5.74, 6) is -10.3. The zero-order valence-corrected chi connectivity index (χ0v) is 89.9. The molecule has 4 amide bonds. The van der Waals surface area contributed by atoms with Gasteiger partial charge in [0.05, 0.1) is 66.4 Å². The molecule has 0 radical (unpaired) electrons. The van der Waals surface area contributed by atoms with Gasteiger partial charge in [0.2, 0.25) is 11.8 Å². The smallest absolute Gasteiger partial charge is 0.416 e. The van der Waals surface area contributed by atoms with Crippen molar-refractivity contribution < 1.29 is 125 Å². The van der Waals surface area contributed by atoms with Gasteiger partial charge in [-0.3, -0.25) is 57.5 Å². The van der Waals surface area contributed by atoms with Crippen LogP contribution in [-0.4, -0.2) is 183 Å². The fraction of sp³-hybridized carbons (Fsp3) is 0.692. The first-order chi connectivity index (χ1) is 61.4. The minimum atomic E-state index is -0.952. The standard InChI is InChI=1S/C22H31NO5.C16H21NO3.C15H28O4.2C15H26O4.C12H22O4.C6H11BrO2.C3H5Br/c1-15(2)11-17(13-19(24)28-22(3,4)5)20(25)23-18(14-27-21(23)26)12-16-9-7-6-8-10-16;1-12(2)8-9-15(18)17-14(11-20-16(17)19)10-13-6-4-3-5-7-13;3*1-7-8-11(14(18)19-15(4,5)6)12(13(16)17)9-10(2)3;1-8(2)6-9(11(14)15)7-10(13)16-12(3,4)5;1-6(2,3)9-5(8)4-7;1-2-3-4/h6-10,15,17-18H,11-14H2,1-5H3;3-7,12,14H,8-11H2,1-2H3;10-12H,7-9H2,1-6H3,(H,16,17);2*7,10-12H,1,8-9H2,2-6H3,(H,16,17);8-9H,6-7H2,1-5H3,(H,14,15);4H2,1-3H3;2H,1,3H2/t17-,18?;;11-,12-;11-,12+;11-,12-;9-;;/m1.1011../s1. The number of carbonyl (C=O) groups is 14. The Morgan fingerprint density at radius 1 is 0.396 bits per heavy atom. The molecule has 0 aliphatic carbocycles. The van der Waals surface area contributed by atoms with Gasteiger partial charge < -0.3 is 58.3 Å². The molecule has 2 aromatic carbocycles. The van der Waals surface area contributed by atoms with Crippen molar-refractivity contribution in [1.82, 2.24) is 9.80 Å². The highest BCUT2D eigenvalue weighted by atomic mass is 79.9. The van der Waals surface area contributed by atoms with Crippen LogP contribution in [0.25, 0.3) is 0 Å². The minimum absolute atomic E-state index is 0.0455. The lowest BCUT2D eigenvalue weighted by molar-refractivity contribution is -0.167. The van der Waals surface area contributed by atoms with Gasteiger partial charge >= 0.3 is 71.9 Å². The third-order valence-corrected chi connectivity index (χ3v) is 19.6. The van der Waals surface area contributed by atoms with E-state index in [1.807, 2.05) is 158 Å². The highest BCUT2D eigenvalue weighted by Gasteiger charge is 2.44. The molecule has 766 valence electrons. The maximum absolute atomic E-state index is 13.2. The van der Waals surface area contributed by atoms with Gasteiger partial charge in [-0.25, -0.2) is 19.4 Å². The predicted octanol–water partition coefficient (Wildman–Crippen LogP) is 22.8. The van der Waals surface area contributed by atoms with Gasteiger partial charge in [0.15, 0.2) is 0 Å². The molecule has 2 saturated heterocycles. The van der Waals surface area contributed by atoms with Gasteiger partial charge in [0.1, 0.15) is 52.2 Å². The molecule has 0 aromatic heterocycles. The van der Waals surface area contributed by atoms with Crippen LogP contribution in [0.2, 0.25) is 0 Å². The highest BCUT2D eigenvalue weighted by molar-refractivity contribution is 9.09. The fourth-order valence-electron chi connectivity index (χ4n) is 13.5. The second-order valence-electron chi connectivity index (χ2n) is 42.0. The number of cyclic esters (lactones) is 2. The van der Waals surface area contributed by atoms with E-state index in [2.05, 4.69) is 65.4 Å². The van der Waals surface area contributed by atoms with Crippen LogP contribution in [0.3, 0.4) is 0 Å². The second-order valence-corrected chi connectivity index (χ2v) is 43.2. The largest absolute Gasteiger partial charge is 0.481 e. The second kappa shape index (κ2) is 65.8. The van der Waals surface area contributed by atoms with Crippen LogP contribution in [0.4, 0.5) is 9.59 Å². The van der Waals surface area contributed by atoms with Crippen LogP contribution in [0.15, 0.2) is 98.6 Å². The molecule has 2 aromatic rings. The molecule has 30 heteroatoms. The summed E-state index contributed by atoms with van der Waals surface area (Å²) in [6.45, 7) is 68.9. The average molecular weight is 2020 g/mol. The summed E-state index contributed by atoms with van der Waals surface area (Å²) in [7, 11) is 0. The summed E-state index contributed by atoms with van der Waals surface area (Å²) in [6.07, 6.45) is 10.4. The van der Waals surface area contributed by atoms with Crippen molar-refractivity contribution in [2.24, 2.45) is 82.9 Å². The summed E-state index contributed by atoms with van der Waals surface area (Å²) in [5, 5.41) is 38.1. The first kappa shape index (κ1) is 131. The van der Waals surface area contributed by atoms with E-state index in [-0.39, 0.29) is 95.8 Å². The minimum Gasteiger partial charge on any atom is -0.481 e. The molecule has 2 heterocycles. The molecule has 10 atom stereocenters. The number of carboxylic acids is 4. The molecule has 2 aliphatic heterocycles. The van der Waals surface area contributed by atoms with Crippen molar-refractivity contribution in [2.75, 3.05) is 23.9 Å². The topological polar surface area (TPSA) is 400 Å².